The standard InChI is InChI=1S/C11H11BF5.C3H8/c1-4-11(2,12-3)5-6(13)8(15)10(17)9(16)7(5)14;1-3-2/h4H2,1-3H3;3H2,1-2H3. The van der Waals surface area contributed by atoms with Crippen LogP contribution in [0.15, 0.2) is 0 Å². The summed E-state index contributed by atoms with van der Waals surface area (Å²) in [5.41, 5.74) is -0.779. The van der Waals surface area contributed by atoms with Gasteiger partial charge >= 0.3 is 0 Å². The van der Waals surface area contributed by atoms with Crippen LogP contribution in [0.2, 0.25) is 6.82 Å². The smallest absolute Gasteiger partial charge is 0.200 e. The first-order valence-corrected chi connectivity index (χ1v) is 6.54. The third-order valence-electron chi connectivity index (χ3n) is 3.15. The van der Waals surface area contributed by atoms with Gasteiger partial charge in [0.25, 0.3) is 0 Å². The second-order valence-electron chi connectivity index (χ2n) is 4.71. The minimum atomic E-state index is -2.13. The van der Waals surface area contributed by atoms with Crippen molar-refractivity contribution in [3.05, 3.63) is 34.6 Å². The number of rotatable bonds is 3. The Labute approximate surface area is 117 Å². The van der Waals surface area contributed by atoms with Crippen molar-refractivity contribution in [3.63, 3.8) is 0 Å². The number of hydrogen-bond donors (Lipinski definition) is 0. The first-order valence-electron chi connectivity index (χ1n) is 6.54. The van der Waals surface area contributed by atoms with Gasteiger partial charge in [-0.05, 0) is 5.31 Å². The lowest BCUT2D eigenvalue weighted by atomic mass is 9.50. The molecule has 0 aliphatic heterocycles. The van der Waals surface area contributed by atoms with Crippen molar-refractivity contribution in [1.29, 1.82) is 0 Å². The molecule has 0 bridgehead atoms. The van der Waals surface area contributed by atoms with E-state index >= 15 is 0 Å². The molecule has 0 aliphatic rings. The van der Waals surface area contributed by atoms with Crippen molar-refractivity contribution >= 4 is 7.28 Å². The lowest BCUT2D eigenvalue weighted by Crippen LogP contribution is -2.31. The molecule has 1 unspecified atom stereocenters. The van der Waals surface area contributed by atoms with Crippen molar-refractivity contribution in [2.75, 3.05) is 0 Å². The Kier molecular flexibility index (Phi) is 7.24. The molecule has 1 radical (unpaired) electrons. The summed E-state index contributed by atoms with van der Waals surface area (Å²) in [5.74, 6) is -9.45. The van der Waals surface area contributed by atoms with Gasteiger partial charge in [-0.1, -0.05) is 47.4 Å². The normalized spacial score (nSPS) is 13.3. The molecule has 1 rings (SSSR count). The molecule has 0 aromatic heterocycles. The van der Waals surface area contributed by atoms with E-state index in [9.17, 15) is 22.0 Å². The van der Waals surface area contributed by atoms with Gasteiger partial charge in [0.15, 0.2) is 23.3 Å². The largest absolute Gasteiger partial charge is 0.203 e. The van der Waals surface area contributed by atoms with Gasteiger partial charge in [0.1, 0.15) is 7.28 Å². The average Bonchev–Trinajstić information content (AvgIpc) is 2.43. The monoisotopic (exact) mass is 293 g/mol. The molecule has 1 atom stereocenters. The van der Waals surface area contributed by atoms with Crippen LogP contribution < -0.4 is 0 Å². The van der Waals surface area contributed by atoms with E-state index in [-0.39, 0.29) is 6.42 Å². The summed E-state index contributed by atoms with van der Waals surface area (Å²) in [4.78, 5) is 0. The summed E-state index contributed by atoms with van der Waals surface area (Å²) >= 11 is 0. The number of hydrogen-bond acceptors (Lipinski definition) is 0. The van der Waals surface area contributed by atoms with E-state index in [1.165, 1.54) is 27.4 Å². The zero-order valence-corrected chi connectivity index (χ0v) is 12.4. The fourth-order valence-electron chi connectivity index (χ4n) is 1.63. The molecule has 1 aromatic rings. The van der Waals surface area contributed by atoms with E-state index in [0.29, 0.717) is 0 Å². The molecule has 20 heavy (non-hydrogen) atoms. The lowest BCUT2D eigenvalue weighted by Gasteiger charge is -2.28. The molecule has 0 heterocycles. The van der Waals surface area contributed by atoms with Gasteiger partial charge in [-0.2, -0.15) is 0 Å². The van der Waals surface area contributed by atoms with E-state index in [1.54, 1.807) is 6.92 Å². The Morgan fingerprint density at radius 1 is 0.800 bits per heavy atom. The third kappa shape index (κ3) is 3.52. The quantitative estimate of drug-likeness (QED) is 0.312. The highest BCUT2D eigenvalue weighted by atomic mass is 19.2. The minimum absolute atomic E-state index is 0.224. The van der Waals surface area contributed by atoms with E-state index < -0.39 is 40.0 Å². The van der Waals surface area contributed by atoms with Crippen LogP contribution in [-0.4, -0.2) is 7.28 Å². The highest BCUT2D eigenvalue weighted by Crippen LogP contribution is 2.34. The minimum Gasteiger partial charge on any atom is -0.203 e. The van der Waals surface area contributed by atoms with Gasteiger partial charge in [-0.15, -0.1) is 0 Å². The first-order chi connectivity index (χ1) is 9.21. The molecular weight excluding hydrogens is 274 g/mol. The van der Waals surface area contributed by atoms with E-state index in [1.807, 2.05) is 0 Å². The maximum Gasteiger partial charge on any atom is 0.200 e. The number of halogens is 5. The molecule has 0 saturated carbocycles. The summed E-state index contributed by atoms with van der Waals surface area (Å²) in [6, 6.07) is 0. The van der Waals surface area contributed by atoms with Crippen LogP contribution in [0, 0.1) is 29.1 Å². The van der Waals surface area contributed by atoms with E-state index in [0.717, 1.165) is 0 Å². The molecule has 113 valence electrons. The zero-order chi connectivity index (χ0) is 16.1. The second-order valence-corrected chi connectivity index (χ2v) is 4.71. The highest BCUT2D eigenvalue weighted by Gasteiger charge is 2.35. The van der Waals surface area contributed by atoms with E-state index in [2.05, 4.69) is 13.8 Å². The van der Waals surface area contributed by atoms with Crippen LogP contribution in [0.3, 0.4) is 0 Å². The van der Waals surface area contributed by atoms with Crippen LogP contribution in [0.25, 0.3) is 0 Å². The summed E-state index contributed by atoms with van der Waals surface area (Å²) in [6.45, 7) is 8.80. The van der Waals surface area contributed by atoms with Gasteiger partial charge < -0.3 is 0 Å². The molecule has 1 aromatic carbocycles. The summed E-state index contributed by atoms with van der Waals surface area (Å²) in [7, 11) is 1.42. The van der Waals surface area contributed by atoms with Gasteiger partial charge in [0, 0.05) is 5.56 Å². The van der Waals surface area contributed by atoms with Crippen molar-refractivity contribution in [2.45, 2.75) is 52.7 Å². The fourth-order valence-corrected chi connectivity index (χ4v) is 1.63. The van der Waals surface area contributed by atoms with Crippen molar-refractivity contribution in [2.24, 2.45) is 0 Å². The molecular formula is C14H19BF5. The van der Waals surface area contributed by atoms with Crippen LogP contribution in [0.5, 0.6) is 0 Å². The van der Waals surface area contributed by atoms with Crippen LogP contribution in [-0.2, 0) is 5.31 Å². The van der Waals surface area contributed by atoms with Gasteiger partial charge in [0.05, 0.1) is 0 Å². The summed E-state index contributed by atoms with van der Waals surface area (Å²) in [6.07, 6.45) is 1.47. The van der Waals surface area contributed by atoms with Gasteiger partial charge in [-0.25, -0.2) is 22.0 Å². The summed E-state index contributed by atoms with van der Waals surface area (Å²) in [5, 5.41) is -1.19. The maximum atomic E-state index is 13.5. The SMILES string of the molecule is CCC.C[B]C(C)(CC)c1c(F)c(F)c(F)c(F)c1F. The van der Waals surface area contributed by atoms with Crippen LogP contribution >= 0.6 is 0 Å². The van der Waals surface area contributed by atoms with Gasteiger partial charge in [0.2, 0.25) is 5.82 Å². The Morgan fingerprint density at radius 2 is 1.10 bits per heavy atom. The van der Waals surface area contributed by atoms with E-state index in [4.69, 9.17) is 0 Å². The Hall–Kier alpha value is -1.07. The molecule has 0 fully saturated rings. The molecule has 0 N–H and O–H groups in total. The van der Waals surface area contributed by atoms with Crippen molar-refractivity contribution < 1.29 is 22.0 Å². The topological polar surface area (TPSA) is 0 Å². The summed E-state index contributed by atoms with van der Waals surface area (Å²) < 4.78 is 66.0. The van der Waals surface area contributed by atoms with Crippen molar-refractivity contribution in [1.82, 2.24) is 0 Å². The Balaban J connectivity index is 0.00000110. The predicted octanol–water partition coefficient (Wildman–Crippen LogP) is 5.18. The Bertz CT molecular complexity index is 426. The predicted molar refractivity (Wildman–Crippen MR) is 71.5 cm³/mol. The first kappa shape index (κ1) is 18.9. The molecule has 0 aliphatic carbocycles. The molecule has 0 nitrogen and oxygen atoms in total. The van der Waals surface area contributed by atoms with Gasteiger partial charge in [-0.3, -0.25) is 0 Å². The second kappa shape index (κ2) is 7.65. The molecule has 0 amide bonds. The van der Waals surface area contributed by atoms with Crippen LogP contribution in [0.4, 0.5) is 22.0 Å². The average molecular weight is 293 g/mol. The van der Waals surface area contributed by atoms with Crippen molar-refractivity contribution in [3.8, 4) is 0 Å². The molecule has 0 saturated heterocycles. The molecule has 6 heteroatoms. The fraction of sp³-hybridized carbons (Fsp3) is 0.571. The zero-order valence-electron chi connectivity index (χ0n) is 12.4. The third-order valence-corrected chi connectivity index (χ3v) is 3.15. The highest BCUT2D eigenvalue weighted by molar-refractivity contribution is 6.38. The maximum absolute atomic E-state index is 13.5. The molecule has 0 spiro atoms. The lowest BCUT2D eigenvalue weighted by molar-refractivity contribution is 0.359. The number of benzene rings is 1. The van der Waals surface area contributed by atoms with Crippen LogP contribution in [0.1, 0.15) is 46.1 Å². The Morgan fingerprint density at radius 3 is 1.35 bits per heavy atom.